The van der Waals surface area contributed by atoms with E-state index >= 15 is 0 Å². The maximum atomic E-state index is 12.8. The van der Waals surface area contributed by atoms with Crippen LogP contribution in [-0.4, -0.2) is 41.0 Å². The largest absolute Gasteiger partial charge is 0.488 e. The third kappa shape index (κ3) is 8.03. The summed E-state index contributed by atoms with van der Waals surface area (Å²) in [6.07, 6.45) is -3.05. The molecule has 0 radical (unpaired) electrons. The zero-order chi connectivity index (χ0) is 24.8. The third-order valence-electron chi connectivity index (χ3n) is 4.63. The minimum absolute atomic E-state index is 0.0233. The highest BCUT2D eigenvalue weighted by molar-refractivity contribution is 5.95. The van der Waals surface area contributed by atoms with Crippen LogP contribution in [0, 0.1) is 12.8 Å². The molecule has 0 aromatic carbocycles. The van der Waals surface area contributed by atoms with Crippen molar-refractivity contribution in [3.63, 3.8) is 0 Å². The molecule has 10 heteroatoms. The summed E-state index contributed by atoms with van der Waals surface area (Å²) < 4.78 is 47.5. The number of nitrogens with one attached hydrogen (secondary N) is 1. The number of alkyl halides is 3. The summed E-state index contributed by atoms with van der Waals surface area (Å²) in [5.41, 5.74) is 1.99. The van der Waals surface area contributed by atoms with Crippen molar-refractivity contribution in [2.45, 2.75) is 53.3 Å². The van der Waals surface area contributed by atoms with Crippen molar-refractivity contribution in [1.82, 2.24) is 15.3 Å². The average Bonchev–Trinajstić information content (AvgIpc) is 2.71. The molecule has 1 N–H and O–H groups in total. The van der Waals surface area contributed by atoms with Crippen molar-refractivity contribution in [1.29, 1.82) is 0 Å². The first-order chi connectivity index (χ1) is 15.4. The van der Waals surface area contributed by atoms with Crippen LogP contribution in [0.3, 0.4) is 0 Å². The van der Waals surface area contributed by atoms with Crippen molar-refractivity contribution in [3.8, 4) is 11.6 Å². The Morgan fingerprint density at radius 1 is 1.12 bits per heavy atom. The van der Waals surface area contributed by atoms with E-state index in [9.17, 15) is 22.8 Å². The number of ketones is 1. The molecule has 1 atom stereocenters. The molecule has 0 saturated heterocycles. The lowest BCUT2D eigenvalue weighted by Gasteiger charge is -2.18. The fourth-order valence-electron chi connectivity index (χ4n) is 2.91. The average molecular weight is 467 g/mol. The highest BCUT2D eigenvalue weighted by Gasteiger charge is 2.29. The van der Waals surface area contributed by atoms with Gasteiger partial charge in [0.1, 0.15) is 5.78 Å². The Morgan fingerprint density at radius 3 is 2.42 bits per heavy atom. The highest BCUT2D eigenvalue weighted by Crippen LogP contribution is 2.29. The van der Waals surface area contributed by atoms with Gasteiger partial charge in [0.2, 0.25) is 0 Å². The summed E-state index contributed by atoms with van der Waals surface area (Å²) >= 11 is 0. The Hall–Kier alpha value is -3.17. The maximum Gasteiger partial charge on any atom is 0.422 e. The number of hydrogen-bond donors (Lipinski definition) is 1. The first-order valence-corrected chi connectivity index (χ1v) is 10.5. The van der Waals surface area contributed by atoms with Gasteiger partial charge in [0.15, 0.2) is 12.4 Å². The molecule has 0 saturated carbocycles. The molecule has 2 heterocycles. The SMILES string of the molecule is CCOc1cc(C(C)NC(=O)c2cc(C)nc(CC(=O)C(C)C)c2)cnc1OCC(F)(F)F. The fourth-order valence-corrected chi connectivity index (χ4v) is 2.91. The van der Waals surface area contributed by atoms with Crippen molar-refractivity contribution >= 4 is 11.7 Å². The quantitative estimate of drug-likeness (QED) is 0.558. The molecule has 0 spiro atoms. The number of hydrogen-bond acceptors (Lipinski definition) is 6. The van der Waals surface area contributed by atoms with E-state index in [0.29, 0.717) is 22.5 Å². The van der Waals surface area contributed by atoms with Crippen LogP contribution in [-0.2, 0) is 11.2 Å². The van der Waals surface area contributed by atoms with Crippen molar-refractivity contribution in [2.75, 3.05) is 13.2 Å². The van der Waals surface area contributed by atoms with E-state index in [1.54, 1.807) is 46.8 Å². The molecule has 0 aliphatic rings. The molecule has 0 bridgehead atoms. The topological polar surface area (TPSA) is 90.4 Å². The normalized spacial score (nSPS) is 12.4. The number of rotatable bonds is 10. The molecule has 0 fully saturated rings. The summed E-state index contributed by atoms with van der Waals surface area (Å²) in [6, 6.07) is 4.14. The lowest BCUT2D eigenvalue weighted by molar-refractivity contribution is -0.154. The number of amides is 1. The Labute approximate surface area is 190 Å². The molecule has 2 aromatic heterocycles. The third-order valence-corrected chi connectivity index (χ3v) is 4.63. The van der Waals surface area contributed by atoms with Gasteiger partial charge in [-0.15, -0.1) is 0 Å². The van der Waals surface area contributed by atoms with Crippen LogP contribution in [0.1, 0.15) is 61.0 Å². The number of aryl methyl sites for hydroxylation is 1. The molecule has 0 aliphatic heterocycles. The second-order valence-corrected chi connectivity index (χ2v) is 7.89. The van der Waals surface area contributed by atoms with E-state index in [1.165, 1.54) is 12.3 Å². The van der Waals surface area contributed by atoms with Gasteiger partial charge in [0.05, 0.1) is 12.6 Å². The van der Waals surface area contributed by atoms with Gasteiger partial charge in [-0.25, -0.2) is 4.98 Å². The van der Waals surface area contributed by atoms with Crippen LogP contribution in [0.5, 0.6) is 11.6 Å². The predicted molar refractivity (Wildman–Crippen MR) is 115 cm³/mol. The van der Waals surface area contributed by atoms with Gasteiger partial charge in [-0.1, -0.05) is 13.8 Å². The first kappa shape index (κ1) is 26.1. The highest BCUT2D eigenvalue weighted by atomic mass is 19.4. The van der Waals surface area contributed by atoms with Crippen LogP contribution in [0.4, 0.5) is 13.2 Å². The Balaban J connectivity index is 2.17. The van der Waals surface area contributed by atoms with Crippen molar-refractivity contribution < 1.29 is 32.2 Å². The van der Waals surface area contributed by atoms with E-state index < -0.39 is 18.8 Å². The van der Waals surface area contributed by atoms with E-state index in [0.717, 1.165) is 0 Å². The van der Waals surface area contributed by atoms with Gasteiger partial charge in [-0.2, -0.15) is 13.2 Å². The summed E-state index contributed by atoms with van der Waals surface area (Å²) in [4.78, 5) is 33.1. The zero-order valence-corrected chi connectivity index (χ0v) is 19.2. The molecule has 1 amide bonds. The summed E-state index contributed by atoms with van der Waals surface area (Å²) in [7, 11) is 0. The van der Waals surface area contributed by atoms with Gasteiger partial charge < -0.3 is 14.8 Å². The molecule has 2 rings (SSSR count). The smallest absolute Gasteiger partial charge is 0.422 e. The molecule has 1 unspecified atom stereocenters. The lowest BCUT2D eigenvalue weighted by atomic mass is 10.0. The zero-order valence-electron chi connectivity index (χ0n) is 19.2. The first-order valence-electron chi connectivity index (χ1n) is 10.5. The molecule has 0 aliphatic carbocycles. The molecule has 180 valence electrons. The predicted octanol–water partition coefficient (Wildman–Crippen LogP) is 4.38. The van der Waals surface area contributed by atoms with Crippen molar-refractivity contribution in [3.05, 3.63) is 46.9 Å². The van der Waals surface area contributed by atoms with Crippen LogP contribution in [0.25, 0.3) is 0 Å². The molecular weight excluding hydrogens is 439 g/mol. The number of halogens is 3. The van der Waals surface area contributed by atoms with E-state index in [2.05, 4.69) is 15.3 Å². The van der Waals surface area contributed by atoms with Crippen LogP contribution in [0.2, 0.25) is 0 Å². The van der Waals surface area contributed by atoms with E-state index in [-0.39, 0.29) is 42.3 Å². The summed E-state index contributed by atoms with van der Waals surface area (Å²) in [6.45, 7) is 7.43. The minimum Gasteiger partial charge on any atom is -0.488 e. The molecule has 7 nitrogen and oxygen atoms in total. The van der Waals surface area contributed by atoms with Gasteiger partial charge in [-0.05, 0) is 44.5 Å². The Morgan fingerprint density at radius 2 is 1.82 bits per heavy atom. The fraction of sp³-hybridized carbons (Fsp3) is 0.478. The maximum absolute atomic E-state index is 12.8. The number of carbonyl (C=O) groups excluding carboxylic acids is 2. The molecule has 33 heavy (non-hydrogen) atoms. The van der Waals surface area contributed by atoms with Crippen molar-refractivity contribution in [2.24, 2.45) is 5.92 Å². The van der Waals surface area contributed by atoms with Crippen LogP contribution >= 0.6 is 0 Å². The molecular formula is C23H28F3N3O4. The van der Waals surface area contributed by atoms with E-state index in [4.69, 9.17) is 9.47 Å². The number of aromatic nitrogens is 2. The van der Waals surface area contributed by atoms with Gasteiger partial charge in [0.25, 0.3) is 11.8 Å². The number of nitrogens with zero attached hydrogens (tertiary/aromatic N) is 2. The number of pyridine rings is 2. The van der Waals surface area contributed by atoms with Gasteiger partial charge >= 0.3 is 6.18 Å². The second-order valence-electron chi connectivity index (χ2n) is 7.89. The minimum atomic E-state index is -4.51. The lowest BCUT2D eigenvalue weighted by Crippen LogP contribution is -2.27. The number of ether oxygens (including phenoxy) is 2. The van der Waals surface area contributed by atoms with Gasteiger partial charge in [0, 0.05) is 35.5 Å². The summed E-state index contributed by atoms with van der Waals surface area (Å²) in [5, 5.41) is 2.82. The van der Waals surface area contributed by atoms with Crippen LogP contribution in [0.15, 0.2) is 24.4 Å². The standard InChI is InChI=1S/C23H28F3N3O4/c1-6-32-20-9-17(11-27-22(20)33-12-23(24,25)26)15(5)29-21(31)16-7-14(4)28-18(8-16)10-19(30)13(2)3/h7-9,11,13,15H,6,10,12H2,1-5H3,(H,29,31). The Bertz CT molecular complexity index is 993. The van der Waals surface area contributed by atoms with E-state index in [1.807, 2.05) is 0 Å². The van der Waals surface area contributed by atoms with Gasteiger partial charge in [-0.3, -0.25) is 14.6 Å². The van der Waals surface area contributed by atoms with Crippen LogP contribution < -0.4 is 14.8 Å². The second kappa shape index (κ2) is 11.1. The monoisotopic (exact) mass is 467 g/mol. The molecule has 2 aromatic rings. The Kier molecular flexibility index (Phi) is 8.78. The number of carbonyl (C=O) groups is 2. The summed E-state index contributed by atoms with van der Waals surface area (Å²) in [5.74, 6) is -0.730. The number of Topliss-reactive ketones (excluding diaryl/α,β-unsaturated/α-hetero) is 1.